The van der Waals surface area contributed by atoms with Gasteiger partial charge in [0.25, 0.3) is 0 Å². The largest absolute Gasteiger partial charge is 0.469 e. The van der Waals surface area contributed by atoms with Crippen molar-refractivity contribution in [2.24, 2.45) is 22.7 Å². The molecule has 2 aliphatic carbocycles. The van der Waals surface area contributed by atoms with E-state index in [1.54, 1.807) is 0 Å². The summed E-state index contributed by atoms with van der Waals surface area (Å²) in [4.78, 5) is 24.5. The quantitative estimate of drug-likeness (QED) is 0.734. The fraction of sp³-hybridized carbons (Fsp3) is 0.765. The van der Waals surface area contributed by atoms with Gasteiger partial charge in [0.1, 0.15) is 0 Å². The molecule has 0 bridgehead atoms. The SMILES string of the molecule is COC(=O)C1=CC[C@H]2C(C)(C)CCC[C@]2(C)C1C(=O)OC. The molecule has 0 amide bonds. The van der Waals surface area contributed by atoms with E-state index in [1.165, 1.54) is 14.2 Å². The van der Waals surface area contributed by atoms with Crippen LogP contribution in [-0.2, 0) is 19.1 Å². The topological polar surface area (TPSA) is 52.6 Å². The molecular weight excluding hydrogens is 268 g/mol. The van der Waals surface area contributed by atoms with E-state index in [1.807, 2.05) is 6.08 Å². The van der Waals surface area contributed by atoms with Gasteiger partial charge in [0.2, 0.25) is 0 Å². The molecule has 1 saturated carbocycles. The van der Waals surface area contributed by atoms with Crippen molar-refractivity contribution in [1.29, 1.82) is 0 Å². The molecule has 3 atom stereocenters. The smallest absolute Gasteiger partial charge is 0.334 e. The zero-order chi connectivity index (χ0) is 15.8. The van der Waals surface area contributed by atoms with Gasteiger partial charge < -0.3 is 9.47 Å². The molecule has 21 heavy (non-hydrogen) atoms. The first kappa shape index (κ1) is 16.1. The minimum absolute atomic E-state index is 0.164. The average molecular weight is 294 g/mol. The van der Waals surface area contributed by atoms with Crippen LogP contribution in [0.15, 0.2) is 11.6 Å². The molecule has 0 aromatic rings. The van der Waals surface area contributed by atoms with Crippen molar-refractivity contribution in [3.8, 4) is 0 Å². The first-order valence-corrected chi connectivity index (χ1v) is 7.64. The van der Waals surface area contributed by atoms with Crippen LogP contribution in [0.1, 0.15) is 46.5 Å². The zero-order valence-corrected chi connectivity index (χ0v) is 13.7. The Hall–Kier alpha value is -1.32. The van der Waals surface area contributed by atoms with Crippen LogP contribution in [0.4, 0.5) is 0 Å². The number of rotatable bonds is 2. The predicted molar refractivity (Wildman–Crippen MR) is 79.5 cm³/mol. The highest BCUT2D eigenvalue weighted by Gasteiger charge is 2.56. The van der Waals surface area contributed by atoms with Crippen molar-refractivity contribution >= 4 is 11.9 Å². The third-order valence-electron chi connectivity index (χ3n) is 5.68. The molecule has 0 radical (unpaired) electrons. The molecule has 4 nitrogen and oxygen atoms in total. The molecule has 0 aliphatic heterocycles. The number of carbonyl (C=O) groups excluding carboxylic acids is 2. The van der Waals surface area contributed by atoms with Crippen LogP contribution in [-0.4, -0.2) is 26.2 Å². The van der Waals surface area contributed by atoms with Crippen LogP contribution < -0.4 is 0 Å². The summed E-state index contributed by atoms with van der Waals surface area (Å²) in [5.74, 6) is -0.880. The lowest BCUT2D eigenvalue weighted by atomic mass is 9.48. The summed E-state index contributed by atoms with van der Waals surface area (Å²) < 4.78 is 9.89. The van der Waals surface area contributed by atoms with Crippen molar-refractivity contribution in [2.75, 3.05) is 14.2 Å². The minimum Gasteiger partial charge on any atom is -0.469 e. The Morgan fingerprint density at radius 1 is 1.14 bits per heavy atom. The first-order valence-electron chi connectivity index (χ1n) is 7.64. The van der Waals surface area contributed by atoms with Crippen molar-refractivity contribution in [1.82, 2.24) is 0 Å². The van der Waals surface area contributed by atoms with Crippen molar-refractivity contribution in [3.05, 3.63) is 11.6 Å². The van der Waals surface area contributed by atoms with Crippen molar-refractivity contribution in [3.63, 3.8) is 0 Å². The number of allylic oxidation sites excluding steroid dienone is 1. The number of methoxy groups -OCH3 is 2. The van der Waals surface area contributed by atoms with Crippen LogP contribution in [0.5, 0.6) is 0 Å². The third kappa shape index (κ3) is 2.49. The Morgan fingerprint density at radius 2 is 1.81 bits per heavy atom. The van der Waals surface area contributed by atoms with Gasteiger partial charge >= 0.3 is 11.9 Å². The maximum Gasteiger partial charge on any atom is 0.334 e. The molecular formula is C17H26O4. The lowest BCUT2D eigenvalue weighted by molar-refractivity contribution is -0.158. The second kappa shape index (κ2) is 5.47. The summed E-state index contributed by atoms with van der Waals surface area (Å²) in [6.07, 6.45) is 5.88. The molecule has 0 heterocycles. The van der Waals surface area contributed by atoms with E-state index in [4.69, 9.17) is 9.47 Å². The van der Waals surface area contributed by atoms with Crippen LogP contribution in [0.25, 0.3) is 0 Å². The number of esters is 2. The van der Waals surface area contributed by atoms with Gasteiger partial charge in [-0.25, -0.2) is 4.79 Å². The van der Waals surface area contributed by atoms with E-state index >= 15 is 0 Å². The Morgan fingerprint density at radius 3 is 2.38 bits per heavy atom. The minimum atomic E-state index is -0.520. The number of hydrogen-bond acceptors (Lipinski definition) is 4. The Kier molecular flexibility index (Phi) is 4.18. The van der Waals surface area contributed by atoms with Crippen LogP contribution >= 0.6 is 0 Å². The summed E-state index contributed by atoms with van der Waals surface area (Å²) in [6.45, 7) is 6.66. The van der Waals surface area contributed by atoms with Crippen LogP contribution in [0.3, 0.4) is 0 Å². The van der Waals surface area contributed by atoms with Crippen molar-refractivity contribution in [2.45, 2.75) is 46.5 Å². The summed E-state index contributed by atoms with van der Waals surface area (Å²) in [5.41, 5.74) is 0.394. The average Bonchev–Trinajstić information content (AvgIpc) is 2.43. The molecule has 1 unspecified atom stereocenters. The van der Waals surface area contributed by atoms with Gasteiger partial charge in [-0.15, -0.1) is 0 Å². The maximum atomic E-state index is 12.4. The Balaban J connectivity index is 2.51. The lowest BCUT2D eigenvalue weighted by Gasteiger charge is -2.55. The summed E-state index contributed by atoms with van der Waals surface area (Å²) in [7, 11) is 2.74. The van der Waals surface area contributed by atoms with Gasteiger partial charge in [-0.05, 0) is 36.0 Å². The number of hydrogen-bond donors (Lipinski definition) is 0. The molecule has 0 aromatic carbocycles. The van der Waals surface area contributed by atoms with E-state index in [0.717, 1.165) is 25.7 Å². The monoisotopic (exact) mass is 294 g/mol. The molecule has 0 spiro atoms. The fourth-order valence-electron chi connectivity index (χ4n) is 4.65. The van der Waals surface area contributed by atoms with Gasteiger partial charge in [-0.3, -0.25) is 4.79 Å². The normalized spacial score (nSPS) is 34.4. The second-order valence-electron chi connectivity index (χ2n) is 7.24. The standard InChI is InChI=1S/C17H26O4/c1-16(2)9-6-10-17(3)12(16)8-7-11(14(18)20-4)13(17)15(19)21-5/h7,12-13H,6,8-10H2,1-5H3/t12-,13?,17-/m0/s1. The fourth-order valence-corrected chi connectivity index (χ4v) is 4.65. The van der Waals surface area contributed by atoms with Gasteiger partial charge in [0.05, 0.1) is 20.1 Å². The van der Waals surface area contributed by atoms with Gasteiger partial charge in [0, 0.05) is 5.57 Å². The second-order valence-corrected chi connectivity index (χ2v) is 7.24. The van der Waals surface area contributed by atoms with E-state index in [-0.39, 0.29) is 16.8 Å². The number of carbonyl (C=O) groups is 2. The Bertz CT molecular complexity index is 477. The van der Waals surface area contributed by atoms with Crippen LogP contribution in [0, 0.1) is 22.7 Å². The van der Waals surface area contributed by atoms with E-state index in [0.29, 0.717) is 11.5 Å². The number of ether oxygens (including phenoxy) is 2. The highest BCUT2D eigenvalue weighted by molar-refractivity contribution is 5.96. The molecule has 0 saturated heterocycles. The van der Waals surface area contributed by atoms with E-state index in [2.05, 4.69) is 20.8 Å². The van der Waals surface area contributed by atoms with Crippen LogP contribution in [0.2, 0.25) is 0 Å². The zero-order valence-electron chi connectivity index (χ0n) is 13.7. The van der Waals surface area contributed by atoms with E-state index < -0.39 is 11.9 Å². The molecule has 0 N–H and O–H groups in total. The molecule has 2 rings (SSSR count). The highest BCUT2D eigenvalue weighted by Crippen LogP contribution is 2.59. The highest BCUT2D eigenvalue weighted by atomic mass is 16.5. The molecule has 1 fully saturated rings. The van der Waals surface area contributed by atoms with E-state index in [9.17, 15) is 9.59 Å². The predicted octanol–water partition coefficient (Wildman–Crippen LogP) is 3.11. The lowest BCUT2D eigenvalue weighted by Crippen LogP contribution is -2.52. The molecule has 4 heteroatoms. The molecule has 0 aromatic heterocycles. The number of fused-ring (bicyclic) bond motifs is 1. The molecule has 118 valence electrons. The van der Waals surface area contributed by atoms with Gasteiger partial charge in [-0.1, -0.05) is 33.3 Å². The summed E-state index contributed by atoms with van der Waals surface area (Å²) in [5, 5.41) is 0. The van der Waals surface area contributed by atoms with Gasteiger partial charge in [-0.2, -0.15) is 0 Å². The third-order valence-corrected chi connectivity index (χ3v) is 5.68. The molecule has 2 aliphatic rings. The van der Waals surface area contributed by atoms with Crippen molar-refractivity contribution < 1.29 is 19.1 Å². The summed E-state index contributed by atoms with van der Waals surface area (Å²) >= 11 is 0. The van der Waals surface area contributed by atoms with Gasteiger partial charge in [0.15, 0.2) is 0 Å². The summed E-state index contributed by atoms with van der Waals surface area (Å²) in [6, 6.07) is 0. The first-order chi connectivity index (χ1) is 9.78. The maximum absolute atomic E-state index is 12.4. The Labute approximate surface area is 126 Å².